The van der Waals surface area contributed by atoms with Crippen LogP contribution in [0.3, 0.4) is 0 Å². The highest BCUT2D eigenvalue weighted by molar-refractivity contribution is 7.98. The molecule has 1 saturated carbocycles. The third-order valence-electron chi connectivity index (χ3n) is 4.32. The molecule has 0 radical (unpaired) electrons. The summed E-state index contributed by atoms with van der Waals surface area (Å²) in [5.74, 6) is 0.744. The van der Waals surface area contributed by atoms with Crippen molar-refractivity contribution in [2.24, 2.45) is 0 Å². The van der Waals surface area contributed by atoms with Gasteiger partial charge in [-0.2, -0.15) is 0 Å². The molecule has 0 bridgehead atoms. The molecule has 0 spiro atoms. The summed E-state index contributed by atoms with van der Waals surface area (Å²) in [6.07, 6.45) is 10.2. The Bertz CT molecular complexity index is 751. The Morgan fingerprint density at radius 3 is 2.54 bits per heavy atom. The minimum atomic E-state index is -0.0672. The molecule has 1 aliphatic rings. The Morgan fingerprint density at radius 1 is 1.12 bits per heavy atom. The number of methoxy groups -OCH3 is 1. The average molecular weight is 374 g/mol. The van der Waals surface area contributed by atoms with Gasteiger partial charge in [-0.15, -0.1) is 11.8 Å². The summed E-state index contributed by atoms with van der Waals surface area (Å²) < 4.78 is 11.1. The van der Waals surface area contributed by atoms with E-state index in [4.69, 9.17) is 9.47 Å². The van der Waals surface area contributed by atoms with Crippen molar-refractivity contribution < 1.29 is 14.3 Å². The molecule has 1 amide bonds. The minimum absolute atomic E-state index is 0.0499. The van der Waals surface area contributed by atoms with E-state index in [2.05, 4.69) is 20.3 Å². The van der Waals surface area contributed by atoms with Crippen molar-refractivity contribution in [3.8, 4) is 11.8 Å². The zero-order valence-electron chi connectivity index (χ0n) is 14.8. The molecule has 1 fully saturated rings. The second-order valence-electron chi connectivity index (χ2n) is 6.00. The first kappa shape index (κ1) is 18.4. The lowest BCUT2D eigenvalue weighted by atomic mass is 9.92. The van der Waals surface area contributed by atoms with Gasteiger partial charge in [0.05, 0.1) is 12.7 Å². The number of ether oxygens (including phenoxy) is 2. The van der Waals surface area contributed by atoms with E-state index in [0.717, 1.165) is 30.7 Å². The van der Waals surface area contributed by atoms with E-state index in [1.165, 1.54) is 11.8 Å². The van der Waals surface area contributed by atoms with Crippen molar-refractivity contribution >= 4 is 17.7 Å². The number of carbonyl (C=O) groups is 1. The quantitative estimate of drug-likeness (QED) is 0.778. The Labute approximate surface area is 156 Å². The third-order valence-corrected chi connectivity index (χ3v) is 5.04. The lowest BCUT2D eigenvalue weighted by Crippen LogP contribution is -2.40. The van der Waals surface area contributed by atoms with Crippen LogP contribution in [-0.4, -0.2) is 46.4 Å². The molecule has 0 atom stereocenters. The standard InChI is InChI=1S/C18H22N4O3S/c1-24-16-17(20-11-10-19-16)25-13-7-5-12(6-8-13)22-15(23)14-4-3-9-21-18(14)26-2/h3-4,9-13H,5-8H2,1-2H3,(H,22,23). The summed E-state index contributed by atoms with van der Waals surface area (Å²) in [5.41, 5.74) is 0.627. The lowest BCUT2D eigenvalue weighted by Gasteiger charge is -2.29. The van der Waals surface area contributed by atoms with E-state index in [0.29, 0.717) is 17.3 Å². The fourth-order valence-electron chi connectivity index (χ4n) is 3.01. The minimum Gasteiger partial charge on any atom is -0.477 e. The van der Waals surface area contributed by atoms with Gasteiger partial charge >= 0.3 is 0 Å². The Balaban J connectivity index is 1.53. The van der Waals surface area contributed by atoms with Crippen molar-refractivity contribution in [2.75, 3.05) is 13.4 Å². The van der Waals surface area contributed by atoms with Crippen LogP contribution in [0.4, 0.5) is 0 Å². The highest BCUT2D eigenvalue weighted by Gasteiger charge is 2.26. The van der Waals surface area contributed by atoms with Gasteiger partial charge in [0.1, 0.15) is 11.1 Å². The van der Waals surface area contributed by atoms with Crippen molar-refractivity contribution in [3.63, 3.8) is 0 Å². The molecule has 2 aromatic heterocycles. The van der Waals surface area contributed by atoms with E-state index in [-0.39, 0.29) is 18.1 Å². The SMILES string of the molecule is COc1nccnc1OC1CCC(NC(=O)c2cccnc2SC)CC1. The molecule has 7 nitrogen and oxygen atoms in total. The van der Waals surface area contributed by atoms with E-state index in [9.17, 15) is 4.79 Å². The van der Waals surface area contributed by atoms with Gasteiger partial charge < -0.3 is 14.8 Å². The van der Waals surface area contributed by atoms with Gasteiger partial charge in [0, 0.05) is 24.6 Å². The van der Waals surface area contributed by atoms with Crippen LogP contribution in [0.15, 0.2) is 35.7 Å². The Kier molecular flexibility index (Phi) is 6.27. The number of pyridine rings is 1. The molecule has 138 valence electrons. The summed E-state index contributed by atoms with van der Waals surface area (Å²) in [5, 5.41) is 3.86. The maximum absolute atomic E-state index is 12.5. The Morgan fingerprint density at radius 2 is 1.85 bits per heavy atom. The molecule has 2 aromatic rings. The van der Waals surface area contributed by atoms with E-state index in [1.807, 2.05) is 12.3 Å². The molecule has 8 heteroatoms. The molecule has 1 N–H and O–H groups in total. The zero-order chi connectivity index (χ0) is 18.4. The first-order valence-electron chi connectivity index (χ1n) is 8.52. The number of nitrogens with zero attached hydrogens (tertiary/aromatic N) is 3. The van der Waals surface area contributed by atoms with Crippen molar-refractivity contribution in [3.05, 3.63) is 36.3 Å². The van der Waals surface area contributed by atoms with Crippen LogP contribution in [0, 0.1) is 0 Å². The third kappa shape index (κ3) is 4.43. The van der Waals surface area contributed by atoms with Gasteiger partial charge in [0.2, 0.25) is 0 Å². The lowest BCUT2D eigenvalue weighted by molar-refractivity contribution is 0.0883. The van der Waals surface area contributed by atoms with E-state index >= 15 is 0 Å². The van der Waals surface area contributed by atoms with Crippen molar-refractivity contribution in [1.29, 1.82) is 0 Å². The topological polar surface area (TPSA) is 86.2 Å². The molecule has 0 saturated heterocycles. The number of aromatic nitrogens is 3. The van der Waals surface area contributed by atoms with E-state index < -0.39 is 0 Å². The zero-order valence-corrected chi connectivity index (χ0v) is 15.7. The summed E-state index contributed by atoms with van der Waals surface area (Å²) in [6, 6.07) is 3.73. The fourth-order valence-corrected chi connectivity index (χ4v) is 3.55. The summed E-state index contributed by atoms with van der Waals surface area (Å²) in [6.45, 7) is 0. The molecule has 2 heterocycles. The van der Waals surface area contributed by atoms with E-state index in [1.54, 1.807) is 31.8 Å². The normalized spacial score (nSPS) is 19.6. The maximum atomic E-state index is 12.5. The second-order valence-corrected chi connectivity index (χ2v) is 6.79. The van der Waals surface area contributed by atoms with Gasteiger partial charge in [-0.25, -0.2) is 15.0 Å². The second kappa shape index (κ2) is 8.84. The number of amides is 1. The van der Waals surface area contributed by atoms with Crippen LogP contribution in [0.5, 0.6) is 11.8 Å². The number of nitrogens with one attached hydrogen (secondary N) is 1. The monoisotopic (exact) mass is 374 g/mol. The molecule has 3 rings (SSSR count). The summed E-state index contributed by atoms with van der Waals surface area (Å²) >= 11 is 1.47. The predicted octanol–water partition coefficient (Wildman–Crippen LogP) is 2.72. The molecule has 0 aliphatic heterocycles. The van der Waals surface area contributed by atoms with Gasteiger partial charge in [-0.3, -0.25) is 4.79 Å². The van der Waals surface area contributed by atoms with Crippen LogP contribution in [-0.2, 0) is 0 Å². The highest BCUT2D eigenvalue weighted by Crippen LogP contribution is 2.27. The highest BCUT2D eigenvalue weighted by atomic mass is 32.2. The molecule has 0 unspecified atom stereocenters. The van der Waals surface area contributed by atoms with Crippen LogP contribution in [0.25, 0.3) is 0 Å². The van der Waals surface area contributed by atoms with Gasteiger partial charge in [0.15, 0.2) is 0 Å². The van der Waals surface area contributed by atoms with Gasteiger partial charge in [0.25, 0.3) is 17.7 Å². The van der Waals surface area contributed by atoms with Crippen LogP contribution >= 0.6 is 11.8 Å². The Hall–Kier alpha value is -2.35. The fraction of sp³-hybridized carbons (Fsp3) is 0.444. The van der Waals surface area contributed by atoms with Gasteiger partial charge in [-0.05, 0) is 44.1 Å². The maximum Gasteiger partial charge on any atom is 0.278 e. The predicted molar refractivity (Wildman–Crippen MR) is 98.7 cm³/mol. The molecule has 0 aromatic carbocycles. The number of carbonyl (C=O) groups excluding carboxylic acids is 1. The van der Waals surface area contributed by atoms with Gasteiger partial charge in [-0.1, -0.05) is 0 Å². The van der Waals surface area contributed by atoms with Crippen molar-refractivity contribution in [2.45, 2.75) is 42.9 Å². The first-order chi connectivity index (χ1) is 12.7. The largest absolute Gasteiger partial charge is 0.477 e. The number of hydrogen-bond donors (Lipinski definition) is 1. The number of rotatable bonds is 6. The molecule has 1 aliphatic carbocycles. The molecule has 26 heavy (non-hydrogen) atoms. The van der Waals surface area contributed by atoms with Crippen LogP contribution in [0.2, 0.25) is 0 Å². The number of hydrogen-bond acceptors (Lipinski definition) is 7. The smallest absolute Gasteiger partial charge is 0.278 e. The summed E-state index contributed by atoms with van der Waals surface area (Å²) in [7, 11) is 1.55. The molecular weight excluding hydrogens is 352 g/mol. The number of thioether (sulfide) groups is 1. The first-order valence-corrected chi connectivity index (χ1v) is 9.75. The van der Waals surface area contributed by atoms with Crippen molar-refractivity contribution in [1.82, 2.24) is 20.3 Å². The average Bonchev–Trinajstić information content (AvgIpc) is 2.69. The molecular formula is C18H22N4O3S. The van der Waals surface area contributed by atoms with Crippen LogP contribution in [0.1, 0.15) is 36.0 Å². The van der Waals surface area contributed by atoms with Crippen LogP contribution < -0.4 is 14.8 Å². The summed E-state index contributed by atoms with van der Waals surface area (Å²) in [4.78, 5) is 25.0.